The fraction of sp³-hybridized carbons (Fsp3) is 0.632. The van der Waals surface area contributed by atoms with Crippen molar-refractivity contribution in [3.05, 3.63) is 35.0 Å². The van der Waals surface area contributed by atoms with Gasteiger partial charge in [0.1, 0.15) is 5.76 Å². The standard InChI is InChI=1S/C17H24N4O2.C2HF3O2/c1-12-7-15(19-23-12)10-20-6-5-14-8-18-21(9-13-3-4-13)17(14)16(20)11-22-2;3-2(4,5)1(6)7/h7-8,13,16H,3-6,9-11H2,1-2H3;(H,6,7). The number of halogens is 3. The maximum Gasteiger partial charge on any atom is 0.490 e. The number of ether oxygens (including phenoxy) is 1. The minimum atomic E-state index is -5.08. The van der Waals surface area contributed by atoms with E-state index in [4.69, 9.17) is 19.2 Å². The van der Waals surface area contributed by atoms with E-state index in [2.05, 4.69) is 26.0 Å². The molecule has 3 heterocycles. The van der Waals surface area contributed by atoms with E-state index in [0.717, 1.165) is 43.4 Å². The van der Waals surface area contributed by atoms with Crippen LogP contribution in [0.1, 0.15) is 41.6 Å². The maximum absolute atomic E-state index is 10.6. The second-order valence-corrected chi connectivity index (χ2v) is 7.60. The number of aryl methyl sites for hydroxylation is 1. The van der Waals surface area contributed by atoms with Crippen LogP contribution in [0, 0.1) is 12.8 Å². The number of carbonyl (C=O) groups is 1. The molecule has 4 rings (SSSR count). The zero-order chi connectivity index (χ0) is 21.9. The van der Waals surface area contributed by atoms with Crippen molar-refractivity contribution in [3.63, 3.8) is 0 Å². The van der Waals surface area contributed by atoms with Crippen molar-refractivity contribution in [2.75, 3.05) is 20.3 Å². The molecule has 0 bridgehead atoms. The quantitative estimate of drug-likeness (QED) is 0.753. The van der Waals surface area contributed by atoms with E-state index in [0.29, 0.717) is 6.61 Å². The molecule has 1 aliphatic carbocycles. The Morgan fingerprint density at radius 1 is 1.40 bits per heavy atom. The summed E-state index contributed by atoms with van der Waals surface area (Å²) < 4.78 is 44.7. The fourth-order valence-corrected chi connectivity index (χ4v) is 3.53. The molecule has 0 amide bonds. The van der Waals surface area contributed by atoms with Crippen LogP contribution < -0.4 is 0 Å². The SMILES string of the molecule is COCC1c2c(cnn2CC2CC2)CCN1Cc1cc(C)on1.O=C(O)C(F)(F)F. The summed E-state index contributed by atoms with van der Waals surface area (Å²) in [7, 11) is 1.77. The zero-order valence-corrected chi connectivity index (χ0v) is 16.9. The number of carboxylic acids is 1. The summed E-state index contributed by atoms with van der Waals surface area (Å²) in [6.07, 6.45) is 0.687. The first kappa shape index (κ1) is 22.3. The number of hydrogen-bond donors (Lipinski definition) is 1. The van der Waals surface area contributed by atoms with Crippen molar-refractivity contribution >= 4 is 5.97 Å². The molecule has 11 heteroatoms. The lowest BCUT2D eigenvalue weighted by Gasteiger charge is -2.35. The lowest BCUT2D eigenvalue weighted by Crippen LogP contribution is -2.38. The summed E-state index contributed by atoms with van der Waals surface area (Å²) in [5.74, 6) is -1.08. The first-order chi connectivity index (χ1) is 14.2. The predicted molar refractivity (Wildman–Crippen MR) is 98.6 cm³/mol. The molecule has 1 aliphatic heterocycles. The Hall–Kier alpha value is -2.40. The van der Waals surface area contributed by atoms with Gasteiger partial charge in [-0.05, 0) is 37.7 Å². The smallest absolute Gasteiger partial charge is 0.475 e. The Labute approximate surface area is 171 Å². The molecule has 0 aromatic carbocycles. The average Bonchev–Trinajstić information content (AvgIpc) is 3.25. The second-order valence-electron chi connectivity index (χ2n) is 7.60. The van der Waals surface area contributed by atoms with Crippen LogP contribution >= 0.6 is 0 Å². The summed E-state index contributed by atoms with van der Waals surface area (Å²) in [6.45, 7) is 5.45. The van der Waals surface area contributed by atoms with Crippen molar-refractivity contribution in [1.29, 1.82) is 0 Å². The molecular weight excluding hydrogens is 405 g/mol. The molecular formula is C19H25F3N4O4. The van der Waals surface area contributed by atoms with Crippen molar-refractivity contribution in [3.8, 4) is 0 Å². The summed E-state index contributed by atoms with van der Waals surface area (Å²) in [5.41, 5.74) is 3.70. The van der Waals surface area contributed by atoms with Gasteiger partial charge in [0, 0.05) is 32.8 Å². The van der Waals surface area contributed by atoms with Gasteiger partial charge in [0.2, 0.25) is 0 Å². The van der Waals surface area contributed by atoms with E-state index in [9.17, 15) is 13.2 Å². The summed E-state index contributed by atoms with van der Waals surface area (Å²) >= 11 is 0. The Kier molecular flexibility index (Phi) is 6.81. The molecule has 1 N–H and O–H groups in total. The van der Waals surface area contributed by atoms with Crippen molar-refractivity contribution < 1.29 is 32.3 Å². The number of carboxylic acid groups (broad SMARTS) is 1. The van der Waals surface area contributed by atoms with E-state index in [1.54, 1.807) is 7.11 Å². The number of aromatic nitrogens is 3. The van der Waals surface area contributed by atoms with Crippen molar-refractivity contribution in [2.24, 2.45) is 5.92 Å². The largest absolute Gasteiger partial charge is 0.490 e. The van der Waals surface area contributed by atoms with Gasteiger partial charge >= 0.3 is 12.1 Å². The highest BCUT2D eigenvalue weighted by atomic mass is 19.4. The molecule has 1 unspecified atom stereocenters. The number of fused-ring (bicyclic) bond motifs is 1. The highest BCUT2D eigenvalue weighted by molar-refractivity contribution is 5.73. The van der Waals surface area contributed by atoms with E-state index in [-0.39, 0.29) is 6.04 Å². The van der Waals surface area contributed by atoms with E-state index in [1.165, 1.54) is 24.1 Å². The highest BCUT2D eigenvalue weighted by Gasteiger charge is 2.38. The van der Waals surface area contributed by atoms with E-state index < -0.39 is 12.1 Å². The third-order valence-corrected chi connectivity index (χ3v) is 5.12. The normalized spacial score (nSPS) is 19.2. The fourth-order valence-electron chi connectivity index (χ4n) is 3.53. The van der Waals surface area contributed by atoms with Gasteiger partial charge in [0.15, 0.2) is 0 Å². The van der Waals surface area contributed by atoms with Crippen LogP contribution in [0.4, 0.5) is 13.2 Å². The molecule has 1 saturated carbocycles. The number of aliphatic carboxylic acids is 1. The summed E-state index contributed by atoms with van der Waals surface area (Å²) in [5, 5.41) is 15.9. The Morgan fingerprint density at radius 3 is 2.63 bits per heavy atom. The van der Waals surface area contributed by atoms with Gasteiger partial charge in [-0.15, -0.1) is 0 Å². The first-order valence-corrected chi connectivity index (χ1v) is 9.69. The second kappa shape index (κ2) is 9.17. The molecule has 0 spiro atoms. The molecule has 2 aliphatic rings. The molecule has 2 aromatic rings. The molecule has 166 valence electrons. The van der Waals surface area contributed by atoms with E-state index >= 15 is 0 Å². The number of nitrogens with zero attached hydrogens (tertiary/aromatic N) is 4. The Bertz CT molecular complexity index is 860. The number of rotatable bonds is 6. The van der Waals surface area contributed by atoms with Crippen LogP contribution in [0.25, 0.3) is 0 Å². The van der Waals surface area contributed by atoms with Gasteiger partial charge in [-0.3, -0.25) is 9.58 Å². The minimum absolute atomic E-state index is 0.238. The summed E-state index contributed by atoms with van der Waals surface area (Å²) in [6, 6.07) is 2.25. The van der Waals surface area contributed by atoms with Crippen molar-refractivity contribution in [1.82, 2.24) is 19.8 Å². The van der Waals surface area contributed by atoms with Crippen LogP contribution in [-0.2, 0) is 29.0 Å². The van der Waals surface area contributed by atoms with Gasteiger partial charge in [-0.2, -0.15) is 18.3 Å². The van der Waals surface area contributed by atoms with Gasteiger partial charge in [0.25, 0.3) is 0 Å². The lowest BCUT2D eigenvalue weighted by molar-refractivity contribution is -0.192. The van der Waals surface area contributed by atoms with Gasteiger partial charge in [0.05, 0.1) is 30.2 Å². The Morgan fingerprint density at radius 2 is 2.10 bits per heavy atom. The number of alkyl halides is 3. The molecule has 30 heavy (non-hydrogen) atoms. The van der Waals surface area contributed by atoms with Crippen LogP contribution in [0.5, 0.6) is 0 Å². The molecule has 8 nitrogen and oxygen atoms in total. The highest BCUT2D eigenvalue weighted by Crippen LogP contribution is 2.35. The van der Waals surface area contributed by atoms with Crippen molar-refractivity contribution in [2.45, 2.75) is 51.5 Å². The topological polar surface area (TPSA) is 93.6 Å². The zero-order valence-electron chi connectivity index (χ0n) is 16.9. The maximum atomic E-state index is 10.6. The van der Waals surface area contributed by atoms with Gasteiger partial charge in [-0.25, -0.2) is 4.79 Å². The molecule has 0 radical (unpaired) electrons. The van der Waals surface area contributed by atoms with Gasteiger partial charge < -0.3 is 14.4 Å². The third-order valence-electron chi connectivity index (χ3n) is 5.12. The number of methoxy groups -OCH3 is 1. The lowest BCUT2D eigenvalue weighted by atomic mass is 9.99. The van der Waals surface area contributed by atoms with Crippen LogP contribution in [-0.4, -0.2) is 57.4 Å². The monoisotopic (exact) mass is 430 g/mol. The average molecular weight is 430 g/mol. The van der Waals surface area contributed by atoms with Gasteiger partial charge in [-0.1, -0.05) is 5.16 Å². The minimum Gasteiger partial charge on any atom is -0.475 e. The first-order valence-electron chi connectivity index (χ1n) is 9.69. The molecule has 1 fully saturated rings. The predicted octanol–water partition coefficient (Wildman–Crippen LogP) is 2.97. The summed E-state index contributed by atoms with van der Waals surface area (Å²) in [4.78, 5) is 11.3. The van der Waals surface area contributed by atoms with E-state index in [1.807, 2.05) is 13.0 Å². The Balaban J connectivity index is 0.000000318. The molecule has 0 saturated heterocycles. The third kappa shape index (κ3) is 5.60. The number of hydrogen-bond acceptors (Lipinski definition) is 6. The van der Waals surface area contributed by atoms with Crippen LogP contribution in [0.2, 0.25) is 0 Å². The molecule has 1 atom stereocenters. The van der Waals surface area contributed by atoms with Crippen LogP contribution in [0.3, 0.4) is 0 Å². The van der Waals surface area contributed by atoms with Crippen LogP contribution in [0.15, 0.2) is 16.8 Å². The molecule has 2 aromatic heterocycles.